The molecule has 6 aromatic rings. The van der Waals surface area contributed by atoms with Gasteiger partial charge in [-0.25, -0.2) is 29.9 Å². The number of methoxy groups -OCH3 is 1. The Morgan fingerprint density at radius 3 is 1.51 bits per heavy atom. The number of nitrogens with zero attached hydrogens (tertiary/aromatic N) is 6. The molecule has 0 aliphatic heterocycles. The Morgan fingerprint density at radius 1 is 0.509 bits per heavy atom. The molecule has 0 spiro atoms. The van der Waals surface area contributed by atoms with E-state index in [1.165, 1.54) is 7.11 Å². The highest BCUT2D eigenvalue weighted by atomic mass is 35.6. The molecule has 6 rings (SSSR count). The van der Waals surface area contributed by atoms with E-state index in [1.807, 2.05) is 66.7 Å². The maximum Gasteiger partial charge on any atom is 0.250 e. The zero-order valence-corrected chi connectivity index (χ0v) is 38.6. The lowest BCUT2D eigenvalue weighted by Crippen LogP contribution is -2.17. The van der Waals surface area contributed by atoms with Crippen LogP contribution in [0.5, 0.6) is 5.75 Å². The van der Waals surface area contributed by atoms with Crippen molar-refractivity contribution in [2.45, 2.75) is 41.4 Å². The van der Waals surface area contributed by atoms with Crippen molar-refractivity contribution in [2.24, 2.45) is 0 Å². The van der Waals surface area contributed by atoms with Crippen LogP contribution in [-0.2, 0) is 26.3 Å². The molecular weight excluding hydrogens is 986 g/mol. The van der Waals surface area contributed by atoms with E-state index < -0.39 is 15.2 Å². The molecular formula is C37H28Cl12N6O2. The van der Waals surface area contributed by atoms with Crippen LogP contribution >= 0.6 is 139 Å². The molecule has 2 aromatic heterocycles. The predicted molar refractivity (Wildman–Crippen MR) is 238 cm³/mol. The van der Waals surface area contributed by atoms with Crippen molar-refractivity contribution in [2.75, 3.05) is 20.3 Å². The molecule has 8 nitrogen and oxygen atoms in total. The lowest BCUT2D eigenvalue weighted by molar-refractivity contribution is 0.134. The third-order valence-electron chi connectivity index (χ3n) is 8.03. The van der Waals surface area contributed by atoms with Crippen molar-refractivity contribution < 1.29 is 9.47 Å². The molecule has 0 N–H and O–H groups in total. The summed E-state index contributed by atoms with van der Waals surface area (Å²) in [7, 11) is 1.53. The van der Waals surface area contributed by atoms with Crippen LogP contribution < -0.4 is 4.74 Å². The highest BCUT2D eigenvalue weighted by Crippen LogP contribution is 2.44. The molecule has 0 aliphatic rings. The van der Waals surface area contributed by atoms with Gasteiger partial charge in [-0.1, -0.05) is 219 Å². The van der Waals surface area contributed by atoms with Crippen LogP contribution in [0.4, 0.5) is 0 Å². The van der Waals surface area contributed by atoms with Crippen LogP contribution in [0.15, 0.2) is 72.8 Å². The SMILES string of the molecule is CCCCOCCc1ccc(-c2nc(C(Cl)(Cl)Cl)nc(C(Cl)(Cl)Cl)n2)c2ccccc12.COc1ccc2ccccc2c1-c1nc(C(Cl)(Cl)Cl)nc(C(Cl)(Cl)Cl)n1. The number of ether oxygens (including phenoxy) is 2. The number of aromatic nitrogens is 6. The summed E-state index contributed by atoms with van der Waals surface area (Å²) in [6.07, 6.45) is 2.94. The van der Waals surface area contributed by atoms with Gasteiger partial charge in [-0.2, -0.15) is 0 Å². The zero-order chi connectivity index (χ0) is 41.8. The smallest absolute Gasteiger partial charge is 0.250 e. The summed E-state index contributed by atoms with van der Waals surface area (Å²) >= 11 is 71.8. The molecule has 0 radical (unpaired) electrons. The summed E-state index contributed by atoms with van der Waals surface area (Å²) in [5.41, 5.74) is 2.42. The van der Waals surface area contributed by atoms with E-state index in [-0.39, 0.29) is 34.9 Å². The van der Waals surface area contributed by atoms with Crippen molar-refractivity contribution in [3.8, 4) is 28.5 Å². The van der Waals surface area contributed by atoms with Crippen LogP contribution in [0.3, 0.4) is 0 Å². The number of rotatable bonds is 9. The van der Waals surface area contributed by atoms with E-state index in [4.69, 9.17) is 149 Å². The second-order valence-corrected chi connectivity index (χ2v) is 21.1. The van der Waals surface area contributed by atoms with Gasteiger partial charge in [0.2, 0.25) is 15.2 Å². The lowest BCUT2D eigenvalue weighted by Gasteiger charge is -2.17. The fraction of sp³-hybridized carbons (Fsp3) is 0.297. The summed E-state index contributed by atoms with van der Waals surface area (Å²) in [6.45, 7) is 3.54. The Morgan fingerprint density at radius 2 is 1.00 bits per heavy atom. The van der Waals surface area contributed by atoms with Crippen molar-refractivity contribution in [1.82, 2.24) is 29.9 Å². The first-order valence-corrected chi connectivity index (χ1v) is 21.2. The van der Waals surface area contributed by atoms with Crippen LogP contribution in [-0.4, -0.2) is 50.2 Å². The van der Waals surface area contributed by atoms with Crippen molar-refractivity contribution >= 4 is 161 Å². The number of hydrogen-bond acceptors (Lipinski definition) is 8. The molecule has 0 atom stereocenters. The third-order valence-corrected chi connectivity index (χ3v) is 10.1. The quantitative estimate of drug-likeness (QED) is 0.104. The first-order chi connectivity index (χ1) is 26.7. The molecule has 0 amide bonds. The molecule has 0 aliphatic carbocycles. The van der Waals surface area contributed by atoms with Crippen LogP contribution in [0, 0.1) is 0 Å². The lowest BCUT2D eigenvalue weighted by atomic mass is 9.97. The van der Waals surface area contributed by atoms with Gasteiger partial charge in [0.15, 0.2) is 34.9 Å². The molecule has 0 bridgehead atoms. The number of alkyl halides is 12. The van der Waals surface area contributed by atoms with Gasteiger partial charge in [0.05, 0.1) is 19.3 Å². The molecule has 4 aromatic carbocycles. The van der Waals surface area contributed by atoms with E-state index >= 15 is 0 Å². The summed E-state index contributed by atoms with van der Waals surface area (Å²) < 4.78 is 3.51. The van der Waals surface area contributed by atoms with Gasteiger partial charge in [0.25, 0.3) is 0 Å². The molecule has 0 fully saturated rings. The Balaban J connectivity index is 0.000000221. The highest BCUT2D eigenvalue weighted by molar-refractivity contribution is 6.68. The summed E-state index contributed by atoms with van der Waals surface area (Å²) in [5, 5.41) is 3.73. The van der Waals surface area contributed by atoms with Crippen molar-refractivity contribution in [3.63, 3.8) is 0 Å². The largest absolute Gasteiger partial charge is 0.496 e. The number of benzene rings is 4. The maximum absolute atomic E-state index is 6.01. The van der Waals surface area contributed by atoms with Crippen LogP contribution in [0.2, 0.25) is 0 Å². The van der Waals surface area contributed by atoms with Gasteiger partial charge in [-0.3, -0.25) is 0 Å². The average molecular weight is 1010 g/mol. The van der Waals surface area contributed by atoms with Crippen LogP contribution in [0.25, 0.3) is 44.3 Å². The minimum Gasteiger partial charge on any atom is -0.496 e. The normalized spacial score (nSPS) is 12.5. The Kier molecular flexibility index (Phi) is 16.0. The number of halogens is 12. The molecule has 0 saturated heterocycles. The number of hydrogen-bond donors (Lipinski definition) is 0. The minimum absolute atomic E-state index is 0.124. The molecule has 57 heavy (non-hydrogen) atoms. The highest BCUT2D eigenvalue weighted by Gasteiger charge is 2.36. The Bertz CT molecular complexity index is 2280. The average Bonchev–Trinajstić information content (AvgIpc) is 3.15. The van der Waals surface area contributed by atoms with E-state index in [0.717, 1.165) is 53.0 Å². The van der Waals surface area contributed by atoms with Gasteiger partial charge in [0, 0.05) is 12.2 Å². The third kappa shape index (κ3) is 12.2. The first-order valence-electron chi connectivity index (χ1n) is 16.7. The Labute approximate surface area is 388 Å². The number of unbranched alkanes of at least 4 members (excludes halogenated alkanes) is 1. The van der Waals surface area contributed by atoms with E-state index in [1.54, 1.807) is 6.07 Å². The standard InChI is InChI=1S/C21H19Cl6N3O.C16H9Cl6N3O/c1-2-3-11-31-12-10-13-8-9-16(15-7-5-4-6-14(13)15)17-28-18(20(22,23)24)30-19(29-17)21(25,26)27;1-26-10-7-6-8-4-2-3-5-9(8)11(10)12-23-13(15(17,18)19)25-14(24-12)16(20,21)22/h4-9H,2-3,10-12H2,1H3;2-7H,1H3. The van der Waals surface area contributed by atoms with Crippen molar-refractivity contribution in [3.05, 3.63) is 102 Å². The fourth-order valence-corrected chi connectivity index (χ4v) is 6.46. The van der Waals surface area contributed by atoms with Gasteiger partial charge >= 0.3 is 0 Å². The summed E-state index contributed by atoms with van der Waals surface area (Å²) in [4.78, 5) is 25.3. The molecule has 20 heteroatoms. The van der Waals surface area contributed by atoms with Crippen LogP contribution in [0.1, 0.15) is 48.6 Å². The van der Waals surface area contributed by atoms with E-state index in [9.17, 15) is 0 Å². The molecule has 0 saturated carbocycles. The molecule has 2 heterocycles. The predicted octanol–water partition coefficient (Wildman–Crippen LogP) is 14.1. The zero-order valence-electron chi connectivity index (χ0n) is 29.5. The minimum atomic E-state index is -1.93. The topological polar surface area (TPSA) is 95.8 Å². The van der Waals surface area contributed by atoms with Gasteiger partial charge in [-0.05, 0) is 46.0 Å². The number of fused-ring (bicyclic) bond motifs is 2. The van der Waals surface area contributed by atoms with Gasteiger partial charge < -0.3 is 9.47 Å². The summed E-state index contributed by atoms with van der Waals surface area (Å²) in [6, 6.07) is 23.1. The summed E-state index contributed by atoms with van der Waals surface area (Å²) in [5.74, 6) is 0.353. The first kappa shape index (κ1) is 46.7. The van der Waals surface area contributed by atoms with Crippen molar-refractivity contribution in [1.29, 1.82) is 0 Å². The maximum atomic E-state index is 6.01. The van der Waals surface area contributed by atoms with E-state index in [0.29, 0.717) is 23.5 Å². The fourth-order valence-electron chi connectivity index (χ4n) is 5.45. The second-order valence-electron chi connectivity index (χ2n) is 12.0. The monoisotopic (exact) mass is 1010 g/mol. The van der Waals surface area contributed by atoms with Gasteiger partial charge in [0.1, 0.15) is 5.75 Å². The second kappa shape index (κ2) is 19.6. The van der Waals surface area contributed by atoms with E-state index in [2.05, 4.69) is 36.8 Å². The molecule has 302 valence electrons. The van der Waals surface area contributed by atoms with Gasteiger partial charge in [-0.15, -0.1) is 0 Å². The molecule has 0 unspecified atom stereocenters. The Hall–Kier alpha value is -1.34.